The van der Waals surface area contributed by atoms with Crippen LogP contribution < -0.4 is 10.6 Å². The summed E-state index contributed by atoms with van der Waals surface area (Å²) >= 11 is 0. The average Bonchev–Trinajstić information content (AvgIpc) is 3.50. The van der Waals surface area contributed by atoms with Crippen LogP contribution in [0.3, 0.4) is 0 Å². The summed E-state index contributed by atoms with van der Waals surface area (Å²) in [5.74, 6) is -0.800. The first kappa shape index (κ1) is 26.5. The van der Waals surface area contributed by atoms with Gasteiger partial charge in [0.25, 0.3) is 5.91 Å². The van der Waals surface area contributed by atoms with Gasteiger partial charge in [-0.05, 0) is 70.1 Å². The minimum Gasteiger partial charge on any atom is -0.339 e. The summed E-state index contributed by atoms with van der Waals surface area (Å²) in [5.41, 5.74) is 2.92. The monoisotopic (exact) mass is 509 g/mol. The van der Waals surface area contributed by atoms with Gasteiger partial charge in [0.2, 0.25) is 11.9 Å². The Morgan fingerprint density at radius 3 is 2.57 bits per heavy atom. The molecule has 10 heteroatoms. The molecule has 0 spiro atoms. The number of nitrogens with zero attached hydrogens (tertiary/aromatic N) is 4. The van der Waals surface area contributed by atoms with Crippen LogP contribution in [0.4, 0.5) is 10.2 Å². The molecule has 4 rings (SSSR count). The second kappa shape index (κ2) is 11.2. The number of carbonyl (C=O) groups is 2. The number of rotatable bonds is 8. The third kappa shape index (κ3) is 5.73. The number of aromatic amines is 1. The van der Waals surface area contributed by atoms with E-state index in [1.807, 2.05) is 27.7 Å². The molecular weight excluding hydrogens is 473 g/mol. The smallest absolute Gasteiger partial charge is 0.270 e. The van der Waals surface area contributed by atoms with Gasteiger partial charge in [-0.15, -0.1) is 0 Å². The second-order valence-electron chi connectivity index (χ2n) is 10.3. The Bertz CT molecular complexity index is 1260. The molecule has 2 amide bonds. The highest BCUT2D eigenvalue weighted by Gasteiger charge is 2.33. The predicted molar refractivity (Wildman–Crippen MR) is 140 cm³/mol. The SMILES string of the molecule is CCc1[nH]nc(C)c1-c1ccc(NC(=O)[C@@H](NC(=O)c2ccnn2C(C)C)C2CCC(C)CC2)nc1F. The van der Waals surface area contributed by atoms with Crippen LogP contribution in [-0.2, 0) is 11.2 Å². The lowest BCUT2D eigenvalue weighted by molar-refractivity contribution is -0.119. The Morgan fingerprint density at radius 2 is 1.92 bits per heavy atom. The van der Waals surface area contributed by atoms with Crippen LogP contribution in [0.2, 0.25) is 0 Å². The maximum atomic E-state index is 15.1. The summed E-state index contributed by atoms with van der Waals surface area (Å²) in [7, 11) is 0. The van der Waals surface area contributed by atoms with Crippen molar-refractivity contribution in [1.82, 2.24) is 30.3 Å². The van der Waals surface area contributed by atoms with E-state index >= 15 is 4.39 Å². The van der Waals surface area contributed by atoms with Crippen molar-refractivity contribution in [1.29, 1.82) is 0 Å². The second-order valence-corrected chi connectivity index (χ2v) is 10.3. The van der Waals surface area contributed by atoms with Crippen molar-refractivity contribution >= 4 is 17.6 Å². The predicted octanol–water partition coefficient (Wildman–Crippen LogP) is 4.82. The van der Waals surface area contributed by atoms with Crippen LogP contribution in [0.25, 0.3) is 11.1 Å². The van der Waals surface area contributed by atoms with Gasteiger partial charge in [-0.1, -0.05) is 26.7 Å². The van der Waals surface area contributed by atoms with Gasteiger partial charge in [0.1, 0.15) is 17.6 Å². The van der Waals surface area contributed by atoms with Crippen molar-refractivity contribution < 1.29 is 14.0 Å². The Morgan fingerprint density at radius 1 is 1.19 bits per heavy atom. The molecular formula is C27H36FN7O2. The zero-order valence-electron chi connectivity index (χ0n) is 22.1. The topological polar surface area (TPSA) is 118 Å². The third-order valence-electron chi connectivity index (χ3n) is 7.24. The summed E-state index contributed by atoms with van der Waals surface area (Å²) in [6, 6.07) is 4.05. The number of hydrogen-bond acceptors (Lipinski definition) is 5. The molecule has 0 saturated heterocycles. The average molecular weight is 510 g/mol. The number of aryl methyl sites for hydroxylation is 2. The fourth-order valence-corrected chi connectivity index (χ4v) is 5.13. The first-order valence-corrected chi connectivity index (χ1v) is 13.1. The number of carbonyl (C=O) groups excluding carboxylic acids is 2. The molecule has 3 heterocycles. The highest BCUT2D eigenvalue weighted by atomic mass is 19.1. The zero-order valence-corrected chi connectivity index (χ0v) is 22.1. The van der Waals surface area contributed by atoms with E-state index in [2.05, 4.69) is 37.8 Å². The van der Waals surface area contributed by atoms with Crippen LogP contribution >= 0.6 is 0 Å². The number of amides is 2. The molecule has 198 valence electrons. The first-order chi connectivity index (χ1) is 17.7. The lowest BCUT2D eigenvalue weighted by Gasteiger charge is -2.32. The van der Waals surface area contributed by atoms with E-state index in [1.165, 1.54) is 0 Å². The summed E-state index contributed by atoms with van der Waals surface area (Å²) < 4.78 is 16.7. The van der Waals surface area contributed by atoms with E-state index in [9.17, 15) is 9.59 Å². The lowest BCUT2D eigenvalue weighted by atomic mass is 9.79. The molecule has 37 heavy (non-hydrogen) atoms. The molecule has 3 aromatic heterocycles. The quantitative estimate of drug-likeness (QED) is 0.376. The van der Waals surface area contributed by atoms with Crippen molar-refractivity contribution in [3.05, 3.63) is 47.4 Å². The van der Waals surface area contributed by atoms with Crippen molar-refractivity contribution in [3.63, 3.8) is 0 Å². The van der Waals surface area contributed by atoms with Gasteiger partial charge < -0.3 is 10.6 Å². The van der Waals surface area contributed by atoms with E-state index in [-0.39, 0.29) is 23.7 Å². The van der Waals surface area contributed by atoms with Crippen LogP contribution in [0, 0.1) is 24.7 Å². The number of nitrogens with one attached hydrogen (secondary N) is 3. The summed E-state index contributed by atoms with van der Waals surface area (Å²) in [6.45, 7) is 9.85. The van der Waals surface area contributed by atoms with Gasteiger partial charge in [-0.2, -0.15) is 14.6 Å². The minimum atomic E-state index is -0.775. The molecule has 1 fully saturated rings. The number of halogens is 1. The molecule has 0 aliphatic heterocycles. The molecule has 3 N–H and O–H groups in total. The molecule has 0 bridgehead atoms. The molecule has 0 unspecified atom stereocenters. The molecule has 1 aliphatic carbocycles. The van der Waals surface area contributed by atoms with Gasteiger partial charge in [0.05, 0.1) is 5.69 Å². The largest absolute Gasteiger partial charge is 0.339 e. The van der Waals surface area contributed by atoms with Crippen LogP contribution in [-0.4, -0.2) is 42.8 Å². The fourth-order valence-electron chi connectivity index (χ4n) is 5.13. The van der Waals surface area contributed by atoms with Gasteiger partial charge in [0.15, 0.2) is 0 Å². The molecule has 1 saturated carbocycles. The van der Waals surface area contributed by atoms with E-state index in [0.29, 0.717) is 34.9 Å². The number of hydrogen-bond donors (Lipinski definition) is 3. The minimum absolute atomic E-state index is 0.00339. The van der Waals surface area contributed by atoms with E-state index in [4.69, 9.17) is 0 Å². The standard InChI is InChI=1S/C27H36FN7O2/c1-6-20-23(17(5)33-34-20)19-11-12-22(30-25(19)28)31-27(37)24(18-9-7-16(4)8-10-18)32-26(36)21-13-14-29-35(21)15(2)3/h11-16,18,24H,6-10H2,1-5H3,(H,32,36)(H,33,34)(H,30,31,37)/t16?,18?,24-/m0/s1. The van der Waals surface area contributed by atoms with Gasteiger partial charge in [0, 0.05) is 29.1 Å². The number of anilines is 1. The van der Waals surface area contributed by atoms with Crippen LogP contribution in [0.1, 0.15) is 81.3 Å². The normalized spacial score (nSPS) is 18.6. The molecule has 1 atom stereocenters. The highest BCUT2D eigenvalue weighted by Crippen LogP contribution is 2.32. The summed E-state index contributed by atoms with van der Waals surface area (Å²) in [5, 5.41) is 17.0. The van der Waals surface area contributed by atoms with Crippen molar-refractivity contribution in [2.75, 3.05) is 5.32 Å². The molecule has 1 aliphatic rings. The van der Waals surface area contributed by atoms with Crippen LogP contribution in [0.5, 0.6) is 0 Å². The van der Waals surface area contributed by atoms with E-state index in [1.54, 1.807) is 29.1 Å². The maximum absolute atomic E-state index is 15.1. The molecule has 3 aromatic rings. The molecule has 0 radical (unpaired) electrons. The van der Waals surface area contributed by atoms with Crippen LogP contribution in [0.15, 0.2) is 24.4 Å². The lowest BCUT2D eigenvalue weighted by Crippen LogP contribution is -2.49. The van der Waals surface area contributed by atoms with E-state index in [0.717, 1.165) is 31.4 Å². The van der Waals surface area contributed by atoms with Gasteiger partial charge in [-0.25, -0.2) is 4.98 Å². The van der Waals surface area contributed by atoms with Crippen molar-refractivity contribution in [2.24, 2.45) is 11.8 Å². The van der Waals surface area contributed by atoms with Crippen molar-refractivity contribution in [2.45, 2.75) is 78.8 Å². The third-order valence-corrected chi connectivity index (χ3v) is 7.24. The van der Waals surface area contributed by atoms with Crippen molar-refractivity contribution in [3.8, 4) is 11.1 Å². The Balaban J connectivity index is 1.56. The summed E-state index contributed by atoms with van der Waals surface area (Å²) in [6.07, 6.45) is 5.86. The number of pyridine rings is 1. The zero-order chi connectivity index (χ0) is 26.7. The first-order valence-electron chi connectivity index (χ1n) is 13.1. The Kier molecular flexibility index (Phi) is 8.04. The van der Waals surface area contributed by atoms with Gasteiger partial charge >= 0.3 is 0 Å². The molecule has 0 aromatic carbocycles. The van der Waals surface area contributed by atoms with Gasteiger partial charge in [-0.3, -0.25) is 19.4 Å². The highest BCUT2D eigenvalue weighted by molar-refractivity contribution is 6.00. The number of H-pyrrole nitrogens is 1. The Hall–Kier alpha value is -3.56. The molecule has 9 nitrogen and oxygen atoms in total. The summed E-state index contributed by atoms with van der Waals surface area (Å²) in [4.78, 5) is 30.7. The number of aromatic nitrogens is 5. The maximum Gasteiger partial charge on any atom is 0.270 e. The Labute approximate surface area is 216 Å². The van der Waals surface area contributed by atoms with E-state index < -0.39 is 17.9 Å². The fraction of sp³-hybridized carbons (Fsp3) is 0.519.